The first-order valence-electron chi connectivity index (χ1n) is 9.83. The van der Waals surface area contributed by atoms with Gasteiger partial charge in [-0.25, -0.2) is 14.0 Å². The lowest BCUT2D eigenvalue weighted by Gasteiger charge is -2.32. The van der Waals surface area contributed by atoms with Crippen LogP contribution in [0.5, 0.6) is 11.5 Å². The van der Waals surface area contributed by atoms with Gasteiger partial charge in [0.1, 0.15) is 18.0 Å². The van der Waals surface area contributed by atoms with Crippen LogP contribution >= 0.6 is 22.6 Å². The minimum absolute atomic E-state index is 0.0280. The van der Waals surface area contributed by atoms with Crippen molar-refractivity contribution in [1.29, 1.82) is 0 Å². The third-order valence-corrected chi connectivity index (χ3v) is 6.06. The zero-order valence-corrected chi connectivity index (χ0v) is 18.9. The molecule has 1 spiro atoms. The zero-order chi connectivity index (χ0) is 22.0. The molecule has 1 heterocycles. The van der Waals surface area contributed by atoms with Crippen molar-refractivity contribution in [3.8, 4) is 11.5 Å². The van der Waals surface area contributed by atoms with Crippen LogP contribution in [0.4, 0.5) is 4.39 Å². The van der Waals surface area contributed by atoms with Gasteiger partial charge in [-0.05, 0) is 65.3 Å². The first-order chi connectivity index (χ1) is 14.9. The van der Waals surface area contributed by atoms with Crippen LogP contribution in [0.2, 0.25) is 0 Å². The molecule has 2 aromatic rings. The molecule has 0 amide bonds. The number of ether oxygens (including phenoxy) is 4. The highest BCUT2D eigenvalue weighted by Gasteiger charge is 2.47. The van der Waals surface area contributed by atoms with Gasteiger partial charge in [-0.3, -0.25) is 0 Å². The molecule has 6 nitrogen and oxygen atoms in total. The molecule has 31 heavy (non-hydrogen) atoms. The van der Waals surface area contributed by atoms with E-state index in [-0.39, 0.29) is 18.0 Å². The number of hydrogen-bond acceptors (Lipinski definition) is 6. The molecule has 1 aliphatic heterocycles. The molecule has 2 aromatic carbocycles. The highest BCUT2D eigenvalue weighted by atomic mass is 127. The van der Waals surface area contributed by atoms with Crippen molar-refractivity contribution in [2.75, 3.05) is 7.11 Å². The van der Waals surface area contributed by atoms with Gasteiger partial charge in [0.25, 0.3) is 5.79 Å². The second-order valence-corrected chi connectivity index (χ2v) is 8.53. The van der Waals surface area contributed by atoms with E-state index in [2.05, 4.69) is 22.6 Å². The number of benzene rings is 2. The van der Waals surface area contributed by atoms with Gasteiger partial charge in [0.2, 0.25) is 0 Å². The molecule has 0 aromatic heterocycles. The van der Waals surface area contributed by atoms with Gasteiger partial charge in [0, 0.05) is 18.4 Å². The smallest absolute Gasteiger partial charge is 0.348 e. The molecule has 0 N–H and O–H groups in total. The molecule has 162 valence electrons. The second-order valence-electron chi connectivity index (χ2n) is 7.37. The van der Waals surface area contributed by atoms with E-state index in [0.717, 1.165) is 12.8 Å². The molecule has 1 saturated carbocycles. The van der Waals surface area contributed by atoms with Crippen LogP contribution in [0.15, 0.2) is 42.0 Å². The van der Waals surface area contributed by atoms with E-state index in [1.165, 1.54) is 19.3 Å². The lowest BCUT2D eigenvalue weighted by molar-refractivity contribution is -0.232. The van der Waals surface area contributed by atoms with E-state index in [9.17, 15) is 14.0 Å². The van der Waals surface area contributed by atoms with Crippen LogP contribution in [0.3, 0.4) is 0 Å². The van der Waals surface area contributed by atoms with Gasteiger partial charge in [-0.2, -0.15) is 0 Å². The maximum atomic E-state index is 13.9. The summed E-state index contributed by atoms with van der Waals surface area (Å²) < 4.78 is 36.7. The number of rotatable bonds is 5. The van der Waals surface area contributed by atoms with Gasteiger partial charge in [-0.1, -0.05) is 18.2 Å². The Morgan fingerprint density at radius 3 is 2.45 bits per heavy atom. The molecule has 0 atom stereocenters. The molecule has 1 saturated heterocycles. The van der Waals surface area contributed by atoms with Crippen LogP contribution in [-0.2, 0) is 25.7 Å². The molecule has 2 aliphatic rings. The lowest BCUT2D eigenvalue weighted by Crippen LogP contribution is -2.44. The minimum atomic E-state index is -1.11. The summed E-state index contributed by atoms with van der Waals surface area (Å²) >= 11 is 2.06. The summed E-state index contributed by atoms with van der Waals surface area (Å²) in [6, 6.07) is 9.72. The van der Waals surface area contributed by atoms with Crippen molar-refractivity contribution in [2.24, 2.45) is 0 Å². The van der Waals surface area contributed by atoms with E-state index < -0.39 is 17.7 Å². The van der Waals surface area contributed by atoms with Crippen molar-refractivity contribution in [2.45, 2.75) is 38.1 Å². The van der Waals surface area contributed by atoms with Crippen molar-refractivity contribution >= 4 is 40.6 Å². The van der Waals surface area contributed by atoms with Crippen molar-refractivity contribution in [3.63, 3.8) is 0 Å². The number of esters is 2. The predicted molar refractivity (Wildman–Crippen MR) is 118 cm³/mol. The first kappa shape index (κ1) is 21.6. The van der Waals surface area contributed by atoms with E-state index in [0.29, 0.717) is 39.0 Å². The maximum Gasteiger partial charge on any atom is 0.348 e. The van der Waals surface area contributed by atoms with Gasteiger partial charge >= 0.3 is 11.9 Å². The van der Waals surface area contributed by atoms with E-state index >= 15 is 0 Å². The SMILES string of the molecule is COc1cc(C=C2C(=O)OC3(CCCC3)OC2=O)cc(I)c1OCc1ccccc1F. The minimum Gasteiger partial charge on any atom is -0.493 e. The molecule has 0 unspecified atom stereocenters. The second kappa shape index (κ2) is 8.86. The number of methoxy groups -OCH3 is 1. The Kier molecular flexibility index (Phi) is 6.17. The van der Waals surface area contributed by atoms with Crippen molar-refractivity contribution in [1.82, 2.24) is 0 Å². The van der Waals surface area contributed by atoms with Gasteiger partial charge in [0.05, 0.1) is 10.7 Å². The van der Waals surface area contributed by atoms with Gasteiger partial charge < -0.3 is 18.9 Å². The zero-order valence-electron chi connectivity index (χ0n) is 16.8. The van der Waals surface area contributed by atoms with Crippen molar-refractivity contribution < 1.29 is 32.9 Å². The number of hydrogen-bond donors (Lipinski definition) is 0. The summed E-state index contributed by atoms with van der Waals surface area (Å²) in [5.74, 6) is -2.01. The quantitative estimate of drug-likeness (QED) is 0.237. The van der Waals surface area contributed by atoms with Gasteiger partial charge in [0.15, 0.2) is 11.5 Å². The van der Waals surface area contributed by atoms with Crippen LogP contribution in [0.1, 0.15) is 36.8 Å². The van der Waals surface area contributed by atoms with Crippen molar-refractivity contribution in [3.05, 3.63) is 62.5 Å². The first-order valence-corrected chi connectivity index (χ1v) is 10.9. The van der Waals surface area contributed by atoms with Crippen LogP contribution < -0.4 is 9.47 Å². The molecular formula is C23H20FIO6. The Bertz CT molecular complexity index is 1040. The topological polar surface area (TPSA) is 71.1 Å². The van der Waals surface area contributed by atoms with E-state index in [1.807, 2.05) is 0 Å². The molecular weight excluding hydrogens is 518 g/mol. The summed E-state index contributed by atoms with van der Waals surface area (Å²) in [5.41, 5.74) is 0.793. The molecule has 0 radical (unpaired) electrons. The Morgan fingerprint density at radius 1 is 1.13 bits per heavy atom. The van der Waals surface area contributed by atoms with Crippen LogP contribution in [0, 0.1) is 9.39 Å². The molecule has 4 rings (SSSR count). The fourth-order valence-corrected chi connectivity index (χ4v) is 4.46. The summed E-state index contributed by atoms with van der Waals surface area (Å²) in [6.07, 6.45) is 4.17. The number of carbonyl (C=O) groups is 2. The fraction of sp³-hybridized carbons (Fsp3) is 0.304. The average molecular weight is 538 g/mol. The lowest BCUT2D eigenvalue weighted by atomic mass is 10.1. The Balaban J connectivity index is 1.57. The largest absolute Gasteiger partial charge is 0.493 e. The maximum absolute atomic E-state index is 13.9. The fourth-order valence-electron chi connectivity index (χ4n) is 3.68. The molecule has 8 heteroatoms. The Labute approximate surface area is 192 Å². The van der Waals surface area contributed by atoms with Crippen LogP contribution in [-0.4, -0.2) is 24.8 Å². The van der Waals surface area contributed by atoms with Gasteiger partial charge in [-0.15, -0.1) is 0 Å². The third kappa shape index (κ3) is 4.53. The Hall–Kier alpha value is -2.62. The molecule has 2 fully saturated rings. The third-order valence-electron chi connectivity index (χ3n) is 5.26. The summed E-state index contributed by atoms with van der Waals surface area (Å²) in [5, 5.41) is 0. The Morgan fingerprint density at radius 2 is 1.81 bits per heavy atom. The normalized spacial score (nSPS) is 17.3. The molecule has 1 aliphatic carbocycles. The van der Waals surface area contributed by atoms with Crippen LogP contribution in [0.25, 0.3) is 6.08 Å². The predicted octanol–water partition coefficient (Wildman–Crippen LogP) is 4.77. The van der Waals surface area contributed by atoms with E-state index in [4.69, 9.17) is 18.9 Å². The monoisotopic (exact) mass is 538 g/mol. The summed E-state index contributed by atoms with van der Waals surface area (Å²) in [7, 11) is 1.48. The average Bonchev–Trinajstić information content (AvgIpc) is 3.18. The van der Waals surface area contributed by atoms with E-state index in [1.54, 1.807) is 30.3 Å². The standard InChI is InChI=1S/C23H20FIO6/c1-28-19-12-14(10-16-21(26)30-23(31-22(16)27)8-4-5-9-23)11-18(25)20(19)29-13-15-6-2-3-7-17(15)24/h2-3,6-7,10-12H,4-5,8-9,13H2,1H3. The summed E-state index contributed by atoms with van der Waals surface area (Å²) in [4.78, 5) is 25.0. The summed E-state index contributed by atoms with van der Waals surface area (Å²) in [6.45, 7) is 0.0280. The number of halogens is 2. The highest BCUT2D eigenvalue weighted by molar-refractivity contribution is 14.1. The highest BCUT2D eigenvalue weighted by Crippen LogP contribution is 2.39. The molecule has 0 bridgehead atoms. The number of carbonyl (C=O) groups excluding carboxylic acids is 2.